The fraction of sp³-hybridized carbons (Fsp3) is 0.312. The van der Waals surface area contributed by atoms with E-state index >= 15 is 0 Å². The summed E-state index contributed by atoms with van der Waals surface area (Å²) in [5.74, 6) is 0. The van der Waals surface area contributed by atoms with Gasteiger partial charge in [0.2, 0.25) is 0 Å². The summed E-state index contributed by atoms with van der Waals surface area (Å²) in [5, 5.41) is 0. The van der Waals surface area contributed by atoms with Crippen molar-refractivity contribution < 1.29 is 65.5 Å². The van der Waals surface area contributed by atoms with Gasteiger partial charge in [0.1, 0.15) is 0 Å². The van der Waals surface area contributed by atoms with Gasteiger partial charge < -0.3 is 27.1 Å². The van der Waals surface area contributed by atoms with Crippen molar-refractivity contribution in [2.45, 2.75) is 20.8 Å². The molecule has 1 rings (SSSR count). The Hall–Kier alpha value is 0.0739. The molecule has 5 heteroatoms. The molecule has 3 nitrogen and oxygen atoms in total. The number of benzene rings is 1. The van der Waals surface area contributed by atoms with E-state index in [0.717, 1.165) is 17.3 Å². The summed E-state index contributed by atoms with van der Waals surface area (Å²) in [6.07, 6.45) is 7.91. The van der Waals surface area contributed by atoms with Gasteiger partial charge in [-0.05, 0) is 27.9 Å². The van der Waals surface area contributed by atoms with Crippen LogP contribution < -0.4 is 0 Å². The molecule has 0 aliphatic heterocycles. The summed E-state index contributed by atoms with van der Waals surface area (Å²) in [6.45, 7) is 6.02. The average Bonchev–Trinajstić information content (AvgIpc) is 2.44. The number of nitrogens with zero attached hydrogens (tertiary/aromatic N) is 3. The monoisotopic (exact) mass is 479 g/mol. The van der Waals surface area contributed by atoms with Crippen molar-refractivity contribution in [1.29, 1.82) is 0 Å². The van der Waals surface area contributed by atoms with Crippen LogP contribution >= 0.6 is 0 Å². The fourth-order valence-corrected chi connectivity index (χ4v) is 1.50. The Labute approximate surface area is 179 Å². The molecule has 0 fully saturated rings. The van der Waals surface area contributed by atoms with Crippen molar-refractivity contribution >= 4 is 23.8 Å². The average molecular weight is 478 g/mol. The van der Waals surface area contributed by atoms with E-state index < -0.39 is 0 Å². The van der Waals surface area contributed by atoms with Crippen LogP contribution in [0.5, 0.6) is 0 Å². The SMILES string of the molecule is CC=C(C)c1ccccc1N=[C-]N(C)[C-](C)[C-]=NC.[V+2].[Yb]. The Balaban J connectivity index is 0. The molecule has 0 atom stereocenters. The molecule has 1 radical (unpaired) electrons. The fourth-order valence-electron chi connectivity index (χ4n) is 1.50. The number of hydrogen-bond acceptors (Lipinski definition) is 2. The Bertz CT molecular complexity index is 498. The van der Waals surface area contributed by atoms with Gasteiger partial charge in [-0.25, -0.2) is 0 Å². The maximum Gasteiger partial charge on any atom is 2.00 e. The normalized spacial score (nSPS) is 11.2. The van der Waals surface area contributed by atoms with E-state index in [9.17, 15) is 0 Å². The number of rotatable bonds is 5. The van der Waals surface area contributed by atoms with Gasteiger partial charge in [0.05, 0.1) is 0 Å². The Kier molecular flexibility index (Phi) is 14.0. The Morgan fingerprint density at radius 3 is 2.52 bits per heavy atom. The van der Waals surface area contributed by atoms with Gasteiger partial charge in [-0.2, -0.15) is 6.92 Å². The standard InChI is InChI=1S/C16H20N3.V.Yb/c1-6-13(2)15-9-7-8-10-16(15)18-12-19(5)14(3)11-17-4;;/h6-10H,1-5H3;;/q-3;+2;. The van der Waals surface area contributed by atoms with Gasteiger partial charge in [-0.3, -0.25) is 0 Å². The molecule has 0 bridgehead atoms. The molecule has 1 aromatic rings. The first kappa shape index (κ1) is 23.3. The first-order valence-electron chi connectivity index (χ1n) is 6.21. The van der Waals surface area contributed by atoms with Gasteiger partial charge in [-0.15, -0.1) is 12.4 Å². The van der Waals surface area contributed by atoms with Crippen molar-refractivity contribution in [2.75, 3.05) is 14.1 Å². The van der Waals surface area contributed by atoms with Crippen LogP contribution in [0.1, 0.15) is 26.3 Å². The Morgan fingerprint density at radius 2 is 1.95 bits per heavy atom. The van der Waals surface area contributed by atoms with Crippen LogP contribution in [-0.2, 0) is 18.6 Å². The molecule has 0 heterocycles. The second-order valence-corrected chi connectivity index (χ2v) is 4.18. The maximum absolute atomic E-state index is 4.41. The molecule has 0 aliphatic rings. The molecule has 0 amide bonds. The maximum atomic E-state index is 4.41. The molecule has 1 aromatic carbocycles. The topological polar surface area (TPSA) is 28.0 Å². The summed E-state index contributed by atoms with van der Waals surface area (Å²) >= 11 is 0. The van der Waals surface area contributed by atoms with E-state index in [1.165, 1.54) is 5.57 Å². The van der Waals surface area contributed by atoms with Gasteiger partial charge in [0, 0.05) is 46.9 Å². The van der Waals surface area contributed by atoms with E-state index in [0.29, 0.717) is 0 Å². The molecule has 0 aromatic heterocycles. The summed E-state index contributed by atoms with van der Waals surface area (Å²) in [5.41, 5.74) is 3.23. The molecule has 0 unspecified atom stereocenters. The third-order valence-corrected chi connectivity index (χ3v) is 2.86. The largest absolute Gasteiger partial charge is 2.00 e. The number of para-hydroxylation sites is 1. The van der Waals surface area contributed by atoms with Crippen molar-refractivity contribution in [3.63, 3.8) is 0 Å². The van der Waals surface area contributed by atoms with Crippen molar-refractivity contribution in [2.24, 2.45) is 9.98 Å². The second-order valence-electron chi connectivity index (χ2n) is 4.18. The predicted octanol–water partition coefficient (Wildman–Crippen LogP) is 3.71. The molecule has 0 N–H and O–H groups in total. The number of hydrogen-bond donors (Lipinski definition) is 0. The molecule has 0 saturated carbocycles. The van der Waals surface area contributed by atoms with Gasteiger partial charge in [0.15, 0.2) is 0 Å². The second kappa shape index (κ2) is 12.6. The van der Waals surface area contributed by atoms with Crippen LogP contribution in [0.15, 0.2) is 40.3 Å². The van der Waals surface area contributed by atoms with E-state index in [1.54, 1.807) is 11.9 Å². The van der Waals surface area contributed by atoms with Gasteiger partial charge in [0.25, 0.3) is 0 Å². The van der Waals surface area contributed by atoms with E-state index in [2.05, 4.69) is 41.6 Å². The predicted molar refractivity (Wildman–Crippen MR) is 82.9 cm³/mol. The van der Waals surface area contributed by atoms with Gasteiger partial charge >= 0.3 is 18.6 Å². The smallest absolute Gasteiger partial charge is 0.610 e. The third-order valence-electron chi connectivity index (χ3n) is 2.86. The van der Waals surface area contributed by atoms with E-state index in [4.69, 9.17) is 0 Å². The van der Waals surface area contributed by atoms with E-state index in [1.807, 2.05) is 39.1 Å². The first-order chi connectivity index (χ1) is 9.10. The number of aliphatic imine (C=N–C) groups is 2. The van der Waals surface area contributed by atoms with E-state index in [-0.39, 0.29) is 65.5 Å². The van der Waals surface area contributed by atoms with Crippen LogP contribution in [0, 0.1) is 53.0 Å². The van der Waals surface area contributed by atoms with Crippen LogP contribution in [-0.4, -0.2) is 31.5 Å². The quantitative estimate of drug-likeness (QED) is 0.275. The summed E-state index contributed by atoms with van der Waals surface area (Å²) in [4.78, 5) is 10.0. The molecular formula is C16H20N3VYb-. The molecule has 21 heavy (non-hydrogen) atoms. The van der Waals surface area contributed by atoms with Crippen LogP contribution in [0.3, 0.4) is 0 Å². The van der Waals surface area contributed by atoms with Crippen LogP contribution in [0.2, 0.25) is 0 Å². The van der Waals surface area contributed by atoms with Crippen molar-refractivity contribution in [3.8, 4) is 0 Å². The summed E-state index contributed by atoms with van der Waals surface area (Å²) < 4.78 is 0. The molecule has 0 aliphatic carbocycles. The molecule has 119 valence electrons. The summed E-state index contributed by atoms with van der Waals surface area (Å²) in [6, 6.07) is 8.90. The third kappa shape index (κ3) is 7.76. The van der Waals surface area contributed by atoms with Crippen molar-refractivity contribution in [1.82, 2.24) is 4.90 Å². The minimum Gasteiger partial charge on any atom is -0.610 e. The molecule has 0 spiro atoms. The number of allylic oxidation sites excluding steroid dienone is 2. The van der Waals surface area contributed by atoms with Crippen LogP contribution in [0.4, 0.5) is 5.69 Å². The molecular weight excluding hydrogens is 458 g/mol. The van der Waals surface area contributed by atoms with Crippen molar-refractivity contribution in [3.05, 3.63) is 41.9 Å². The Morgan fingerprint density at radius 1 is 1.33 bits per heavy atom. The first-order valence-corrected chi connectivity index (χ1v) is 6.21. The zero-order valence-electron chi connectivity index (χ0n) is 12.9. The minimum atomic E-state index is 0. The zero-order valence-corrected chi connectivity index (χ0v) is 16.1. The minimum absolute atomic E-state index is 0. The molecule has 0 saturated heterocycles. The van der Waals surface area contributed by atoms with Gasteiger partial charge in [-0.1, -0.05) is 41.1 Å². The zero-order chi connectivity index (χ0) is 14.3. The van der Waals surface area contributed by atoms with Crippen LogP contribution in [0.25, 0.3) is 5.57 Å². The summed E-state index contributed by atoms with van der Waals surface area (Å²) in [7, 11) is 3.57.